The van der Waals surface area contributed by atoms with Crippen molar-refractivity contribution < 1.29 is 31.5 Å². The lowest BCUT2D eigenvalue weighted by atomic mass is 10.1. The summed E-state index contributed by atoms with van der Waals surface area (Å²) in [6.07, 6.45) is -6.31. The zero-order valence-electron chi connectivity index (χ0n) is 12.1. The van der Waals surface area contributed by atoms with Gasteiger partial charge in [-0.3, -0.25) is 0 Å². The standard InChI is InChI=1S/C16H12F5NO2/c17-15(18)14-7-2-1-5-12(14)9-22-23-10-11-4-3-6-13(8-11)24-16(19,20)21/h1-9,15H,10H2. The second kappa shape index (κ2) is 7.76. The van der Waals surface area contributed by atoms with Gasteiger partial charge in [0.05, 0.1) is 6.21 Å². The van der Waals surface area contributed by atoms with Gasteiger partial charge in [-0.2, -0.15) is 0 Å². The van der Waals surface area contributed by atoms with Gasteiger partial charge in [0.25, 0.3) is 6.43 Å². The number of halogens is 5. The Bertz CT molecular complexity index is 701. The summed E-state index contributed by atoms with van der Waals surface area (Å²) >= 11 is 0. The lowest BCUT2D eigenvalue weighted by molar-refractivity contribution is -0.274. The van der Waals surface area contributed by atoms with E-state index in [2.05, 4.69) is 9.89 Å². The molecule has 2 aromatic rings. The van der Waals surface area contributed by atoms with Gasteiger partial charge in [0.15, 0.2) is 0 Å². The molecule has 128 valence electrons. The average molecular weight is 345 g/mol. The minimum absolute atomic E-state index is 0.137. The van der Waals surface area contributed by atoms with Crippen molar-refractivity contribution in [2.45, 2.75) is 19.4 Å². The SMILES string of the molecule is FC(F)c1ccccc1C=NOCc1cccc(OC(F)(F)F)c1. The summed E-state index contributed by atoms with van der Waals surface area (Å²) in [5.41, 5.74) is 0.392. The Balaban J connectivity index is 1.96. The minimum atomic E-state index is -4.78. The van der Waals surface area contributed by atoms with E-state index in [1.54, 1.807) is 6.07 Å². The van der Waals surface area contributed by atoms with Crippen molar-refractivity contribution in [3.8, 4) is 5.75 Å². The van der Waals surface area contributed by atoms with Crippen LogP contribution in [0.25, 0.3) is 0 Å². The molecule has 24 heavy (non-hydrogen) atoms. The van der Waals surface area contributed by atoms with E-state index in [-0.39, 0.29) is 23.5 Å². The summed E-state index contributed by atoms with van der Waals surface area (Å²) < 4.78 is 65.7. The maximum absolute atomic E-state index is 12.8. The van der Waals surface area contributed by atoms with E-state index in [9.17, 15) is 22.0 Å². The number of ether oxygens (including phenoxy) is 1. The van der Waals surface area contributed by atoms with Gasteiger partial charge in [0, 0.05) is 11.1 Å². The van der Waals surface area contributed by atoms with Crippen molar-refractivity contribution in [2.75, 3.05) is 0 Å². The summed E-state index contributed by atoms with van der Waals surface area (Å²) in [5.74, 6) is -0.379. The molecule has 0 heterocycles. The zero-order chi connectivity index (χ0) is 17.6. The normalized spacial score (nSPS) is 11.9. The molecule has 0 aromatic heterocycles. The predicted molar refractivity (Wildman–Crippen MR) is 76.9 cm³/mol. The molecule has 0 spiro atoms. The van der Waals surface area contributed by atoms with E-state index in [1.165, 1.54) is 30.3 Å². The molecule has 0 N–H and O–H groups in total. The second-order valence-electron chi connectivity index (χ2n) is 4.63. The summed E-state index contributed by atoms with van der Waals surface area (Å²) in [5, 5.41) is 3.56. The molecule has 0 fully saturated rings. The van der Waals surface area contributed by atoms with E-state index >= 15 is 0 Å². The molecule has 0 atom stereocenters. The highest BCUT2D eigenvalue weighted by atomic mass is 19.4. The van der Waals surface area contributed by atoms with Crippen LogP contribution in [0.1, 0.15) is 23.1 Å². The zero-order valence-corrected chi connectivity index (χ0v) is 12.1. The van der Waals surface area contributed by atoms with Crippen LogP contribution in [0.5, 0.6) is 5.75 Å². The van der Waals surface area contributed by atoms with Crippen LogP contribution >= 0.6 is 0 Å². The molecular weight excluding hydrogens is 333 g/mol. The monoisotopic (exact) mass is 345 g/mol. The van der Waals surface area contributed by atoms with Crippen LogP contribution in [0.15, 0.2) is 53.7 Å². The molecule has 0 amide bonds. The quantitative estimate of drug-likeness (QED) is 0.416. The molecule has 2 aromatic carbocycles. The van der Waals surface area contributed by atoms with Gasteiger partial charge in [-0.25, -0.2) is 8.78 Å². The van der Waals surface area contributed by atoms with E-state index < -0.39 is 12.8 Å². The molecule has 0 aliphatic carbocycles. The Morgan fingerprint density at radius 2 is 1.79 bits per heavy atom. The molecule has 0 bridgehead atoms. The summed E-state index contributed by atoms with van der Waals surface area (Å²) in [7, 11) is 0. The summed E-state index contributed by atoms with van der Waals surface area (Å²) in [6.45, 7) is -0.137. The fraction of sp³-hybridized carbons (Fsp3) is 0.188. The summed E-state index contributed by atoms with van der Waals surface area (Å²) in [6, 6.07) is 11.0. The third-order valence-electron chi connectivity index (χ3n) is 2.86. The molecule has 0 aliphatic rings. The number of hydrogen-bond acceptors (Lipinski definition) is 3. The van der Waals surface area contributed by atoms with Crippen LogP contribution in [-0.4, -0.2) is 12.6 Å². The Kier molecular flexibility index (Phi) is 5.73. The lowest BCUT2D eigenvalue weighted by Gasteiger charge is -2.09. The van der Waals surface area contributed by atoms with Gasteiger partial charge in [0.1, 0.15) is 12.4 Å². The number of nitrogens with zero attached hydrogens (tertiary/aromatic N) is 1. The maximum atomic E-state index is 12.8. The largest absolute Gasteiger partial charge is 0.573 e. The Morgan fingerprint density at radius 3 is 2.50 bits per heavy atom. The Morgan fingerprint density at radius 1 is 1.04 bits per heavy atom. The molecule has 0 aliphatic heterocycles. The van der Waals surface area contributed by atoms with Crippen molar-refractivity contribution in [1.82, 2.24) is 0 Å². The van der Waals surface area contributed by atoms with Crippen molar-refractivity contribution in [3.05, 3.63) is 65.2 Å². The molecule has 8 heteroatoms. The first kappa shape index (κ1) is 17.7. The number of benzene rings is 2. The highest BCUT2D eigenvalue weighted by Crippen LogP contribution is 2.24. The van der Waals surface area contributed by atoms with E-state index in [1.807, 2.05) is 0 Å². The highest BCUT2D eigenvalue weighted by Gasteiger charge is 2.31. The number of rotatable bonds is 6. The number of oxime groups is 1. The first-order chi connectivity index (χ1) is 11.3. The fourth-order valence-electron chi connectivity index (χ4n) is 1.87. The van der Waals surface area contributed by atoms with Crippen LogP contribution < -0.4 is 4.74 Å². The molecule has 3 nitrogen and oxygen atoms in total. The van der Waals surface area contributed by atoms with E-state index in [0.717, 1.165) is 18.3 Å². The topological polar surface area (TPSA) is 30.8 Å². The molecular formula is C16H12F5NO2. The lowest BCUT2D eigenvalue weighted by Crippen LogP contribution is -2.17. The molecule has 0 saturated carbocycles. The molecule has 0 saturated heterocycles. The van der Waals surface area contributed by atoms with Gasteiger partial charge >= 0.3 is 6.36 Å². The van der Waals surface area contributed by atoms with Crippen LogP contribution in [0.2, 0.25) is 0 Å². The molecule has 0 unspecified atom stereocenters. The van der Waals surface area contributed by atoms with Gasteiger partial charge in [-0.15, -0.1) is 13.2 Å². The van der Waals surface area contributed by atoms with E-state index in [4.69, 9.17) is 4.84 Å². The maximum Gasteiger partial charge on any atom is 0.573 e. The Labute approximate surface area is 134 Å². The van der Waals surface area contributed by atoms with Crippen LogP contribution in [-0.2, 0) is 11.4 Å². The van der Waals surface area contributed by atoms with Gasteiger partial charge in [-0.1, -0.05) is 41.6 Å². The minimum Gasteiger partial charge on any atom is -0.406 e. The molecule has 0 radical (unpaired) electrons. The number of alkyl halides is 5. The van der Waals surface area contributed by atoms with Crippen LogP contribution in [0.3, 0.4) is 0 Å². The van der Waals surface area contributed by atoms with Crippen molar-refractivity contribution in [2.24, 2.45) is 5.16 Å². The third kappa shape index (κ3) is 5.53. The summed E-state index contributed by atoms with van der Waals surface area (Å²) in [4.78, 5) is 4.93. The van der Waals surface area contributed by atoms with Crippen molar-refractivity contribution in [3.63, 3.8) is 0 Å². The van der Waals surface area contributed by atoms with Gasteiger partial charge in [-0.05, 0) is 17.7 Å². The van der Waals surface area contributed by atoms with Gasteiger partial charge in [0.2, 0.25) is 0 Å². The highest BCUT2D eigenvalue weighted by molar-refractivity contribution is 5.81. The fourth-order valence-corrected chi connectivity index (χ4v) is 1.87. The average Bonchev–Trinajstić information content (AvgIpc) is 2.50. The third-order valence-corrected chi connectivity index (χ3v) is 2.86. The van der Waals surface area contributed by atoms with Crippen molar-refractivity contribution >= 4 is 6.21 Å². The van der Waals surface area contributed by atoms with Crippen LogP contribution in [0, 0.1) is 0 Å². The smallest absolute Gasteiger partial charge is 0.406 e. The van der Waals surface area contributed by atoms with Gasteiger partial charge < -0.3 is 9.57 Å². The second-order valence-corrected chi connectivity index (χ2v) is 4.63. The van der Waals surface area contributed by atoms with Crippen LogP contribution in [0.4, 0.5) is 22.0 Å². The predicted octanol–water partition coefficient (Wildman–Crippen LogP) is 5.07. The number of hydrogen-bond donors (Lipinski definition) is 0. The van der Waals surface area contributed by atoms with Crippen molar-refractivity contribution in [1.29, 1.82) is 0 Å². The van der Waals surface area contributed by atoms with E-state index in [0.29, 0.717) is 5.56 Å². The first-order valence-electron chi connectivity index (χ1n) is 6.72. The molecule has 2 rings (SSSR count). The first-order valence-corrected chi connectivity index (χ1v) is 6.72. The Hall–Kier alpha value is -2.64.